The molecule has 1 aliphatic heterocycles. The average Bonchev–Trinajstić information content (AvgIpc) is 2.83. The summed E-state index contributed by atoms with van der Waals surface area (Å²) < 4.78 is 5.96. The van der Waals surface area contributed by atoms with E-state index in [1.165, 1.54) is 11.8 Å². The number of aromatic nitrogens is 2. The highest BCUT2D eigenvalue weighted by Crippen LogP contribution is 2.38. The zero-order valence-electron chi connectivity index (χ0n) is 12.2. The molecular weight excluding hydrogens is 304 g/mol. The number of aromatic amines is 1. The van der Waals surface area contributed by atoms with Crippen LogP contribution in [-0.2, 0) is 17.8 Å². The molecule has 112 valence electrons. The van der Waals surface area contributed by atoms with Crippen LogP contribution >= 0.6 is 23.1 Å². The molecule has 0 fully saturated rings. The van der Waals surface area contributed by atoms with Crippen molar-refractivity contribution in [3.63, 3.8) is 0 Å². The number of ether oxygens (including phenoxy) is 1. The van der Waals surface area contributed by atoms with Crippen molar-refractivity contribution < 1.29 is 4.74 Å². The highest BCUT2D eigenvalue weighted by molar-refractivity contribution is 7.99. The van der Waals surface area contributed by atoms with Crippen LogP contribution < -0.4 is 5.56 Å². The first kappa shape index (κ1) is 14.8. The van der Waals surface area contributed by atoms with E-state index < -0.39 is 0 Å². The number of fused-ring (bicyclic) bond motifs is 3. The van der Waals surface area contributed by atoms with Gasteiger partial charge in [0, 0.05) is 17.1 Å². The van der Waals surface area contributed by atoms with Gasteiger partial charge in [-0.05, 0) is 18.9 Å². The first-order valence-corrected chi connectivity index (χ1v) is 8.79. The molecule has 0 unspecified atom stereocenters. The van der Waals surface area contributed by atoms with Gasteiger partial charge in [-0.1, -0.05) is 24.8 Å². The fourth-order valence-corrected chi connectivity index (χ4v) is 4.25. The van der Waals surface area contributed by atoms with E-state index in [-0.39, 0.29) is 11.2 Å². The summed E-state index contributed by atoms with van der Waals surface area (Å²) in [5, 5.41) is 1.41. The van der Waals surface area contributed by atoms with Crippen LogP contribution in [0.25, 0.3) is 10.2 Å². The lowest BCUT2D eigenvalue weighted by Crippen LogP contribution is -2.34. The van der Waals surface area contributed by atoms with Crippen molar-refractivity contribution in [3.8, 4) is 0 Å². The van der Waals surface area contributed by atoms with Gasteiger partial charge in [-0.2, -0.15) is 0 Å². The molecule has 1 aliphatic rings. The zero-order valence-corrected chi connectivity index (χ0v) is 13.8. The van der Waals surface area contributed by atoms with Crippen LogP contribution in [0.5, 0.6) is 0 Å². The fraction of sp³-hybridized carbons (Fsp3) is 0.467. The van der Waals surface area contributed by atoms with E-state index in [4.69, 9.17) is 4.74 Å². The molecule has 6 heteroatoms. The summed E-state index contributed by atoms with van der Waals surface area (Å²) in [6.45, 7) is 8.49. The van der Waals surface area contributed by atoms with Crippen LogP contribution in [0.15, 0.2) is 22.6 Å². The normalized spacial score (nSPS) is 21.4. The predicted octanol–water partition coefficient (Wildman–Crippen LogP) is 3.50. The number of nitrogens with zero attached hydrogens (tertiary/aromatic N) is 1. The van der Waals surface area contributed by atoms with Gasteiger partial charge in [0.2, 0.25) is 0 Å². The van der Waals surface area contributed by atoms with Gasteiger partial charge in [0.1, 0.15) is 4.83 Å². The first-order chi connectivity index (χ1) is 10.1. The maximum Gasteiger partial charge on any atom is 0.260 e. The van der Waals surface area contributed by atoms with Crippen LogP contribution in [0.3, 0.4) is 0 Å². The smallest absolute Gasteiger partial charge is 0.260 e. The van der Waals surface area contributed by atoms with Gasteiger partial charge in [-0.3, -0.25) is 4.79 Å². The fourth-order valence-electron chi connectivity index (χ4n) is 2.49. The van der Waals surface area contributed by atoms with Gasteiger partial charge in [-0.15, -0.1) is 17.9 Å². The third-order valence-electron chi connectivity index (χ3n) is 3.91. The second-order valence-corrected chi connectivity index (χ2v) is 7.52. The van der Waals surface area contributed by atoms with Crippen LogP contribution in [0, 0.1) is 0 Å². The molecule has 1 N–H and O–H groups in total. The molecule has 0 aliphatic carbocycles. The third kappa shape index (κ3) is 2.67. The SMILES string of the molecule is C=CCSc1nc2sc3c(c2c(=O)[nH]1)C[C@@](C)(CC)OC3. The highest BCUT2D eigenvalue weighted by Gasteiger charge is 2.32. The third-order valence-corrected chi connectivity index (χ3v) is 5.88. The maximum atomic E-state index is 12.4. The van der Waals surface area contributed by atoms with Crippen LogP contribution in [0.2, 0.25) is 0 Å². The maximum absolute atomic E-state index is 12.4. The molecule has 0 saturated carbocycles. The van der Waals surface area contributed by atoms with Crippen molar-refractivity contribution in [2.75, 3.05) is 5.75 Å². The van der Waals surface area contributed by atoms with Gasteiger partial charge in [0.15, 0.2) is 5.16 Å². The zero-order chi connectivity index (χ0) is 15.0. The van der Waals surface area contributed by atoms with Crippen LogP contribution in [-0.4, -0.2) is 21.3 Å². The summed E-state index contributed by atoms with van der Waals surface area (Å²) in [6, 6.07) is 0. The van der Waals surface area contributed by atoms with E-state index in [1.54, 1.807) is 17.4 Å². The minimum Gasteiger partial charge on any atom is -0.369 e. The lowest BCUT2D eigenvalue weighted by molar-refractivity contribution is -0.0543. The Kier molecular flexibility index (Phi) is 3.94. The van der Waals surface area contributed by atoms with Crippen molar-refractivity contribution in [1.29, 1.82) is 0 Å². The van der Waals surface area contributed by atoms with Crippen LogP contribution in [0.1, 0.15) is 30.7 Å². The highest BCUT2D eigenvalue weighted by atomic mass is 32.2. The summed E-state index contributed by atoms with van der Waals surface area (Å²) in [6.07, 6.45) is 3.51. The van der Waals surface area contributed by atoms with Crippen molar-refractivity contribution in [2.24, 2.45) is 0 Å². The van der Waals surface area contributed by atoms with Crippen molar-refractivity contribution >= 4 is 33.3 Å². The van der Waals surface area contributed by atoms with E-state index in [9.17, 15) is 4.79 Å². The van der Waals surface area contributed by atoms with E-state index in [2.05, 4.69) is 30.4 Å². The number of hydrogen-bond donors (Lipinski definition) is 1. The second-order valence-electron chi connectivity index (χ2n) is 5.42. The quantitative estimate of drug-likeness (QED) is 0.532. The Morgan fingerprint density at radius 1 is 1.62 bits per heavy atom. The lowest BCUT2D eigenvalue weighted by Gasteiger charge is -2.32. The Balaban J connectivity index is 2.09. The molecule has 0 amide bonds. The first-order valence-electron chi connectivity index (χ1n) is 6.98. The minimum atomic E-state index is -0.177. The molecule has 2 aromatic rings. The Morgan fingerprint density at radius 2 is 2.43 bits per heavy atom. The molecule has 0 aromatic carbocycles. The number of thiophene rings is 1. The summed E-state index contributed by atoms with van der Waals surface area (Å²) in [4.78, 5) is 21.8. The van der Waals surface area contributed by atoms with Crippen molar-refractivity contribution in [1.82, 2.24) is 9.97 Å². The Bertz CT molecular complexity index is 750. The van der Waals surface area contributed by atoms with E-state index in [1.807, 2.05) is 0 Å². The van der Waals surface area contributed by atoms with Crippen LogP contribution in [0.4, 0.5) is 0 Å². The summed E-state index contributed by atoms with van der Waals surface area (Å²) >= 11 is 3.07. The molecule has 0 bridgehead atoms. The number of hydrogen-bond acceptors (Lipinski definition) is 5. The Hall–Kier alpha value is -1.11. The Morgan fingerprint density at radius 3 is 3.14 bits per heavy atom. The minimum absolute atomic E-state index is 0.0376. The van der Waals surface area contributed by atoms with E-state index in [0.717, 1.165) is 39.3 Å². The molecule has 0 spiro atoms. The summed E-state index contributed by atoms with van der Waals surface area (Å²) in [5.74, 6) is 0.733. The molecule has 0 radical (unpaired) electrons. The monoisotopic (exact) mass is 322 g/mol. The van der Waals surface area contributed by atoms with E-state index in [0.29, 0.717) is 11.8 Å². The van der Waals surface area contributed by atoms with Gasteiger partial charge < -0.3 is 9.72 Å². The molecule has 4 nitrogen and oxygen atoms in total. The molecular formula is C15H18N2O2S2. The topological polar surface area (TPSA) is 55.0 Å². The second kappa shape index (κ2) is 5.59. The van der Waals surface area contributed by atoms with Gasteiger partial charge in [0.05, 0.1) is 17.6 Å². The number of nitrogens with one attached hydrogen (secondary N) is 1. The summed E-state index contributed by atoms with van der Waals surface area (Å²) in [5.41, 5.74) is 0.910. The molecule has 3 rings (SSSR count). The molecule has 1 atom stereocenters. The van der Waals surface area contributed by atoms with Crippen molar-refractivity contribution in [3.05, 3.63) is 33.4 Å². The lowest BCUT2D eigenvalue weighted by atomic mass is 9.90. The molecule has 2 aromatic heterocycles. The predicted molar refractivity (Wildman–Crippen MR) is 88.4 cm³/mol. The molecule has 0 saturated heterocycles. The van der Waals surface area contributed by atoms with E-state index >= 15 is 0 Å². The number of H-pyrrole nitrogens is 1. The standard InChI is InChI=1S/C15H18N2O2S2/c1-4-6-20-14-16-12(18)11-9-7-15(3,5-2)19-8-10(9)21-13(11)17-14/h4H,1,5-8H2,2-3H3,(H,16,17,18)/t15-/m1/s1. The molecule has 21 heavy (non-hydrogen) atoms. The van der Waals surface area contributed by atoms with Crippen molar-refractivity contribution in [2.45, 2.75) is 44.1 Å². The summed E-state index contributed by atoms with van der Waals surface area (Å²) in [7, 11) is 0. The molecule has 3 heterocycles. The van der Waals surface area contributed by atoms with Gasteiger partial charge >= 0.3 is 0 Å². The largest absolute Gasteiger partial charge is 0.369 e. The Labute approximate surface area is 131 Å². The average molecular weight is 322 g/mol. The number of rotatable bonds is 4. The van der Waals surface area contributed by atoms with Gasteiger partial charge in [-0.25, -0.2) is 4.98 Å². The van der Waals surface area contributed by atoms with Gasteiger partial charge in [0.25, 0.3) is 5.56 Å². The number of thioether (sulfide) groups is 1.